The molecule has 1 amide bonds. The van der Waals surface area contributed by atoms with Crippen LogP contribution >= 0.6 is 0 Å². The van der Waals surface area contributed by atoms with Gasteiger partial charge in [0.25, 0.3) is 0 Å². The maximum Gasteiger partial charge on any atom is 0.230 e. The molecule has 0 N–H and O–H groups in total. The highest BCUT2D eigenvalue weighted by Gasteiger charge is 2.50. The van der Waals surface area contributed by atoms with E-state index < -0.39 is 0 Å². The van der Waals surface area contributed by atoms with Gasteiger partial charge in [-0.05, 0) is 45.2 Å². The van der Waals surface area contributed by atoms with Crippen molar-refractivity contribution in [1.82, 2.24) is 19.9 Å². The fraction of sp³-hybridized carbons (Fsp3) is 0.524. The first-order valence-corrected chi connectivity index (χ1v) is 9.99. The first-order chi connectivity index (χ1) is 13.5. The lowest BCUT2D eigenvalue weighted by atomic mass is 9.85. The molecule has 1 atom stereocenters. The van der Waals surface area contributed by atoms with Crippen molar-refractivity contribution in [2.75, 3.05) is 31.1 Å². The number of carbonyl (C=O) groups excluding carboxylic acids is 1. The normalized spacial score (nSPS) is 21.8. The minimum Gasteiger partial charge on any atom is -0.437 e. The van der Waals surface area contributed by atoms with Crippen molar-refractivity contribution in [1.29, 1.82) is 0 Å². The molecule has 7 nitrogen and oxygen atoms in total. The van der Waals surface area contributed by atoms with E-state index in [-0.39, 0.29) is 5.41 Å². The highest BCUT2D eigenvalue weighted by atomic mass is 16.5. The SMILES string of the molecule is CCCN1CCC2(CCN(c3ncnc(Oc4cccnc4C)c3C)C2)C1=O. The van der Waals surface area contributed by atoms with E-state index in [2.05, 4.69) is 26.8 Å². The first kappa shape index (κ1) is 18.7. The highest BCUT2D eigenvalue weighted by molar-refractivity contribution is 5.86. The van der Waals surface area contributed by atoms with Crippen LogP contribution in [0.3, 0.4) is 0 Å². The van der Waals surface area contributed by atoms with Crippen molar-refractivity contribution in [2.24, 2.45) is 5.41 Å². The number of hydrogen-bond donors (Lipinski definition) is 0. The van der Waals surface area contributed by atoms with Crippen LogP contribution in [0.1, 0.15) is 37.4 Å². The second-order valence-corrected chi connectivity index (χ2v) is 7.81. The number of amides is 1. The van der Waals surface area contributed by atoms with Crippen LogP contribution < -0.4 is 9.64 Å². The summed E-state index contributed by atoms with van der Waals surface area (Å²) in [5.74, 6) is 2.39. The molecule has 2 saturated heterocycles. The van der Waals surface area contributed by atoms with Crippen molar-refractivity contribution < 1.29 is 9.53 Å². The number of carbonyl (C=O) groups is 1. The molecule has 2 aliphatic heterocycles. The molecule has 1 spiro atoms. The fourth-order valence-electron chi connectivity index (χ4n) is 4.34. The quantitative estimate of drug-likeness (QED) is 0.792. The van der Waals surface area contributed by atoms with Crippen molar-refractivity contribution >= 4 is 11.7 Å². The molecule has 28 heavy (non-hydrogen) atoms. The Kier molecular flexibility index (Phi) is 4.91. The summed E-state index contributed by atoms with van der Waals surface area (Å²) in [6.07, 6.45) is 6.10. The third-order valence-electron chi connectivity index (χ3n) is 5.92. The van der Waals surface area contributed by atoms with Gasteiger partial charge in [0.05, 0.1) is 16.7 Å². The molecule has 0 bridgehead atoms. The number of hydrogen-bond acceptors (Lipinski definition) is 6. The summed E-state index contributed by atoms with van der Waals surface area (Å²) in [6, 6.07) is 3.73. The van der Waals surface area contributed by atoms with Gasteiger partial charge in [-0.1, -0.05) is 6.92 Å². The van der Waals surface area contributed by atoms with E-state index in [0.717, 1.165) is 62.5 Å². The number of aryl methyl sites for hydroxylation is 1. The molecule has 2 aromatic rings. The van der Waals surface area contributed by atoms with Crippen LogP contribution in [-0.2, 0) is 4.79 Å². The second-order valence-electron chi connectivity index (χ2n) is 7.81. The average Bonchev–Trinajstić information content (AvgIpc) is 3.25. The monoisotopic (exact) mass is 381 g/mol. The zero-order chi connectivity index (χ0) is 19.7. The van der Waals surface area contributed by atoms with Crippen molar-refractivity contribution in [3.8, 4) is 11.6 Å². The van der Waals surface area contributed by atoms with E-state index in [1.54, 1.807) is 6.20 Å². The topological polar surface area (TPSA) is 71.5 Å². The van der Waals surface area contributed by atoms with Crippen molar-refractivity contribution in [3.05, 3.63) is 35.9 Å². The molecule has 148 valence electrons. The molecule has 0 saturated carbocycles. The number of pyridine rings is 1. The molecule has 4 heterocycles. The molecular weight excluding hydrogens is 354 g/mol. The van der Waals surface area contributed by atoms with Gasteiger partial charge in [0, 0.05) is 32.4 Å². The molecule has 7 heteroatoms. The smallest absolute Gasteiger partial charge is 0.230 e. The Labute approximate surface area is 165 Å². The Morgan fingerprint density at radius 2 is 2.00 bits per heavy atom. The zero-order valence-electron chi connectivity index (χ0n) is 16.8. The summed E-state index contributed by atoms with van der Waals surface area (Å²) in [5.41, 5.74) is 1.45. The first-order valence-electron chi connectivity index (χ1n) is 9.99. The summed E-state index contributed by atoms with van der Waals surface area (Å²) in [5, 5.41) is 0. The summed E-state index contributed by atoms with van der Waals surface area (Å²) in [7, 11) is 0. The molecule has 2 aromatic heterocycles. The predicted molar refractivity (Wildman–Crippen MR) is 107 cm³/mol. The van der Waals surface area contributed by atoms with Crippen molar-refractivity contribution in [3.63, 3.8) is 0 Å². The Morgan fingerprint density at radius 1 is 1.18 bits per heavy atom. The van der Waals surface area contributed by atoms with Gasteiger partial charge in [-0.25, -0.2) is 9.97 Å². The van der Waals surface area contributed by atoms with E-state index in [1.165, 1.54) is 6.33 Å². The van der Waals surface area contributed by atoms with Crippen LogP contribution in [0.15, 0.2) is 24.7 Å². The molecule has 0 aromatic carbocycles. The molecule has 0 radical (unpaired) electrons. The third kappa shape index (κ3) is 3.19. The Morgan fingerprint density at radius 3 is 2.79 bits per heavy atom. The number of rotatable bonds is 5. The van der Waals surface area contributed by atoms with Crippen LogP contribution in [0.5, 0.6) is 11.6 Å². The van der Waals surface area contributed by atoms with E-state index in [1.807, 2.05) is 30.9 Å². The van der Waals surface area contributed by atoms with Gasteiger partial charge in [-0.3, -0.25) is 9.78 Å². The third-order valence-corrected chi connectivity index (χ3v) is 5.92. The van der Waals surface area contributed by atoms with E-state index in [9.17, 15) is 4.79 Å². The lowest BCUT2D eigenvalue weighted by Crippen LogP contribution is -2.37. The largest absolute Gasteiger partial charge is 0.437 e. The number of anilines is 1. The number of aromatic nitrogens is 3. The minimum atomic E-state index is -0.256. The standard InChI is InChI=1S/C21H27N5O2/c1-4-10-25-11-7-21(20(25)27)8-12-26(13-21)18-15(2)19(24-14-23-18)28-17-6-5-9-22-16(17)3/h5-6,9,14H,4,7-8,10-13H2,1-3H3. The predicted octanol–water partition coefficient (Wildman–Crippen LogP) is 3.12. The van der Waals surface area contributed by atoms with Crippen LogP contribution in [0.4, 0.5) is 5.82 Å². The molecule has 1 unspecified atom stereocenters. The average molecular weight is 381 g/mol. The van der Waals surface area contributed by atoms with Gasteiger partial charge in [-0.15, -0.1) is 0 Å². The number of nitrogens with zero attached hydrogens (tertiary/aromatic N) is 5. The van der Waals surface area contributed by atoms with E-state index in [0.29, 0.717) is 17.5 Å². The van der Waals surface area contributed by atoms with Gasteiger partial charge in [0.1, 0.15) is 12.1 Å². The maximum absolute atomic E-state index is 13.0. The number of ether oxygens (including phenoxy) is 1. The van der Waals surface area contributed by atoms with E-state index in [4.69, 9.17) is 4.74 Å². The Bertz CT molecular complexity index is 887. The van der Waals surface area contributed by atoms with Crippen molar-refractivity contribution in [2.45, 2.75) is 40.0 Å². The maximum atomic E-state index is 13.0. The van der Waals surface area contributed by atoms with Crippen LogP contribution in [0.25, 0.3) is 0 Å². The van der Waals surface area contributed by atoms with Gasteiger partial charge in [0.2, 0.25) is 11.8 Å². The zero-order valence-corrected chi connectivity index (χ0v) is 16.8. The lowest BCUT2D eigenvalue weighted by Gasteiger charge is -2.25. The number of likely N-dealkylation sites (tertiary alicyclic amines) is 1. The van der Waals surface area contributed by atoms with Gasteiger partial charge < -0.3 is 14.5 Å². The second kappa shape index (κ2) is 7.37. The summed E-state index contributed by atoms with van der Waals surface area (Å²) < 4.78 is 6.01. The molecule has 2 aliphatic rings. The van der Waals surface area contributed by atoms with Gasteiger partial charge in [0.15, 0.2) is 5.75 Å². The van der Waals surface area contributed by atoms with Crippen LogP contribution in [0.2, 0.25) is 0 Å². The fourth-order valence-corrected chi connectivity index (χ4v) is 4.34. The summed E-state index contributed by atoms with van der Waals surface area (Å²) >= 11 is 0. The highest BCUT2D eigenvalue weighted by Crippen LogP contribution is 2.43. The Balaban J connectivity index is 1.55. The van der Waals surface area contributed by atoms with Gasteiger partial charge >= 0.3 is 0 Å². The van der Waals surface area contributed by atoms with Crippen LogP contribution in [0, 0.1) is 19.3 Å². The minimum absolute atomic E-state index is 0.256. The van der Waals surface area contributed by atoms with E-state index >= 15 is 0 Å². The molecular formula is C21H27N5O2. The summed E-state index contributed by atoms with van der Waals surface area (Å²) in [6.45, 7) is 9.28. The Hall–Kier alpha value is -2.70. The lowest BCUT2D eigenvalue weighted by molar-refractivity contribution is -0.135. The molecule has 2 fully saturated rings. The summed E-state index contributed by atoms with van der Waals surface area (Å²) in [4.78, 5) is 30.3. The molecule has 4 rings (SSSR count). The van der Waals surface area contributed by atoms with Crippen LogP contribution in [-0.4, -0.2) is 51.9 Å². The van der Waals surface area contributed by atoms with Gasteiger partial charge in [-0.2, -0.15) is 0 Å². The molecule has 0 aliphatic carbocycles.